The average Bonchev–Trinajstić information content (AvgIpc) is 2.47. The molecule has 0 heterocycles. The fourth-order valence-corrected chi connectivity index (χ4v) is 3.36. The molecular weight excluding hydrogens is 341 g/mol. The Morgan fingerprint density at radius 2 is 1.78 bits per heavy atom. The molecule has 0 radical (unpaired) electrons. The van der Waals surface area contributed by atoms with Crippen LogP contribution in [0.4, 0.5) is 4.39 Å². The van der Waals surface area contributed by atoms with Crippen LogP contribution in [-0.4, -0.2) is 20.1 Å². The number of halogens is 2. The molecule has 4 nitrogen and oxygen atoms in total. The van der Waals surface area contributed by atoms with E-state index in [0.717, 1.165) is 0 Å². The lowest BCUT2D eigenvalue weighted by atomic mass is 10.1. The Kier molecular flexibility index (Phi) is 5.38. The van der Waals surface area contributed by atoms with Crippen LogP contribution >= 0.6 is 11.6 Å². The molecule has 1 N–H and O–H groups in total. The van der Waals surface area contributed by atoms with Crippen molar-refractivity contribution in [2.45, 2.75) is 17.9 Å². The molecule has 0 aliphatic heterocycles. The minimum atomic E-state index is -3.78. The predicted molar refractivity (Wildman–Crippen MR) is 86.5 cm³/mol. The van der Waals surface area contributed by atoms with E-state index in [-0.39, 0.29) is 4.90 Å². The first-order chi connectivity index (χ1) is 10.8. The molecular formula is C16H15ClFNO3S. The first kappa shape index (κ1) is 17.4. The van der Waals surface area contributed by atoms with Gasteiger partial charge in [-0.2, -0.15) is 0 Å². The number of sulfone groups is 1. The van der Waals surface area contributed by atoms with Crippen molar-refractivity contribution in [3.05, 3.63) is 64.9 Å². The van der Waals surface area contributed by atoms with Gasteiger partial charge in [-0.15, -0.1) is 0 Å². The minimum Gasteiger partial charge on any atom is -0.349 e. The number of benzene rings is 2. The molecule has 0 saturated heterocycles. The monoisotopic (exact) mass is 355 g/mol. The molecule has 0 spiro atoms. The van der Waals surface area contributed by atoms with Gasteiger partial charge in [-0.05, 0) is 37.3 Å². The lowest BCUT2D eigenvalue weighted by Crippen LogP contribution is -2.32. The van der Waals surface area contributed by atoms with E-state index in [9.17, 15) is 17.6 Å². The van der Waals surface area contributed by atoms with E-state index in [0.29, 0.717) is 10.6 Å². The van der Waals surface area contributed by atoms with Gasteiger partial charge in [0.25, 0.3) is 0 Å². The van der Waals surface area contributed by atoms with Crippen molar-refractivity contribution in [2.75, 3.05) is 5.75 Å². The van der Waals surface area contributed by atoms with Crippen molar-refractivity contribution in [3.63, 3.8) is 0 Å². The SMILES string of the molecule is C[C@@H](NC(=O)CS(=O)(=O)c1ccc(Cl)cc1)c1ccccc1F. The molecule has 1 amide bonds. The Labute approximate surface area is 139 Å². The van der Waals surface area contributed by atoms with Crippen LogP contribution < -0.4 is 5.32 Å². The highest BCUT2D eigenvalue weighted by Gasteiger charge is 2.21. The molecule has 7 heteroatoms. The number of hydrogen-bond acceptors (Lipinski definition) is 3. The summed E-state index contributed by atoms with van der Waals surface area (Å²) >= 11 is 5.71. The minimum absolute atomic E-state index is 0.00981. The zero-order valence-electron chi connectivity index (χ0n) is 12.3. The van der Waals surface area contributed by atoms with Crippen molar-refractivity contribution < 1.29 is 17.6 Å². The smallest absolute Gasteiger partial charge is 0.236 e. The van der Waals surface area contributed by atoms with Gasteiger partial charge in [0, 0.05) is 10.6 Å². The Balaban J connectivity index is 2.07. The fraction of sp³-hybridized carbons (Fsp3) is 0.188. The highest BCUT2D eigenvalue weighted by atomic mass is 35.5. The second kappa shape index (κ2) is 7.10. The molecule has 23 heavy (non-hydrogen) atoms. The average molecular weight is 356 g/mol. The number of amides is 1. The molecule has 0 aromatic heterocycles. The van der Waals surface area contributed by atoms with Gasteiger partial charge in [0.2, 0.25) is 5.91 Å². The van der Waals surface area contributed by atoms with Crippen LogP contribution in [0.1, 0.15) is 18.5 Å². The van der Waals surface area contributed by atoms with E-state index in [2.05, 4.69) is 5.32 Å². The van der Waals surface area contributed by atoms with Crippen molar-refractivity contribution in [1.82, 2.24) is 5.32 Å². The van der Waals surface area contributed by atoms with Gasteiger partial charge in [-0.1, -0.05) is 29.8 Å². The summed E-state index contributed by atoms with van der Waals surface area (Å²) < 4.78 is 38.0. The largest absolute Gasteiger partial charge is 0.349 e. The van der Waals surface area contributed by atoms with Crippen LogP contribution in [0.3, 0.4) is 0 Å². The molecule has 2 aromatic carbocycles. The molecule has 1 atom stereocenters. The summed E-state index contributed by atoms with van der Waals surface area (Å²) in [6.45, 7) is 1.59. The zero-order valence-corrected chi connectivity index (χ0v) is 13.9. The lowest BCUT2D eigenvalue weighted by molar-refractivity contribution is -0.119. The number of rotatable bonds is 5. The van der Waals surface area contributed by atoms with Gasteiger partial charge in [-0.3, -0.25) is 4.79 Å². The zero-order chi connectivity index (χ0) is 17.0. The molecule has 2 aromatic rings. The van der Waals surface area contributed by atoms with Gasteiger partial charge in [0.15, 0.2) is 9.84 Å². The third-order valence-electron chi connectivity index (χ3n) is 3.24. The van der Waals surface area contributed by atoms with E-state index >= 15 is 0 Å². The maximum atomic E-state index is 13.6. The molecule has 122 valence electrons. The number of nitrogens with one attached hydrogen (secondary N) is 1. The van der Waals surface area contributed by atoms with Crippen LogP contribution in [0.2, 0.25) is 5.02 Å². The first-order valence-electron chi connectivity index (χ1n) is 6.82. The van der Waals surface area contributed by atoms with Crippen LogP contribution in [0.5, 0.6) is 0 Å². The Morgan fingerprint density at radius 3 is 2.39 bits per heavy atom. The van der Waals surface area contributed by atoms with Gasteiger partial charge in [0.1, 0.15) is 11.6 Å². The van der Waals surface area contributed by atoms with Crippen LogP contribution in [-0.2, 0) is 14.6 Å². The second-order valence-corrected chi connectivity index (χ2v) is 7.45. The molecule has 0 aliphatic carbocycles. The van der Waals surface area contributed by atoms with Crippen molar-refractivity contribution in [1.29, 1.82) is 0 Å². The van der Waals surface area contributed by atoms with Crippen molar-refractivity contribution in [3.8, 4) is 0 Å². The second-order valence-electron chi connectivity index (χ2n) is 5.02. The van der Waals surface area contributed by atoms with E-state index < -0.39 is 33.4 Å². The van der Waals surface area contributed by atoms with E-state index in [1.165, 1.54) is 36.4 Å². The molecule has 0 bridgehead atoms. The Morgan fingerprint density at radius 1 is 1.17 bits per heavy atom. The molecule has 0 saturated carbocycles. The van der Waals surface area contributed by atoms with Crippen LogP contribution in [0, 0.1) is 5.82 Å². The molecule has 0 unspecified atom stereocenters. The van der Waals surface area contributed by atoms with Crippen LogP contribution in [0.15, 0.2) is 53.4 Å². The quantitative estimate of drug-likeness (QED) is 0.896. The number of carbonyl (C=O) groups is 1. The fourth-order valence-electron chi connectivity index (χ4n) is 2.09. The normalized spacial score (nSPS) is 12.7. The summed E-state index contributed by atoms with van der Waals surface area (Å²) in [5.41, 5.74) is 0.296. The summed E-state index contributed by atoms with van der Waals surface area (Å²) in [5, 5.41) is 2.89. The summed E-state index contributed by atoms with van der Waals surface area (Å²) in [6, 6.07) is 10.9. The Hall–Kier alpha value is -1.92. The summed E-state index contributed by atoms with van der Waals surface area (Å²) in [6.07, 6.45) is 0. The first-order valence-corrected chi connectivity index (χ1v) is 8.85. The van der Waals surface area contributed by atoms with Crippen molar-refractivity contribution >= 4 is 27.3 Å². The summed E-state index contributed by atoms with van der Waals surface area (Å²) in [4.78, 5) is 12.0. The van der Waals surface area contributed by atoms with E-state index in [4.69, 9.17) is 11.6 Å². The maximum Gasteiger partial charge on any atom is 0.236 e. The lowest BCUT2D eigenvalue weighted by Gasteiger charge is -2.15. The Bertz CT molecular complexity index is 806. The molecule has 0 fully saturated rings. The third-order valence-corrected chi connectivity index (χ3v) is 5.13. The van der Waals surface area contributed by atoms with E-state index in [1.807, 2.05) is 0 Å². The van der Waals surface area contributed by atoms with Crippen molar-refractivity contribution in [2.24, 2.45) is 0 Å². The van der Waals surface area contributed by atoms with Gasteiger partial charge >= 0.3 is 0 Å². The van der Waals surface area contributed by atoms with Gasteiger partial charge < -0.3 is 5.32 Å². The highest BCUT2D eigenvalue weighted by Crippen LogP contribution is 2.18. The predicted octanol–water partition coefficient (Wildman–Crippen LogP) is 3.13. The number of hydrogen-bond donors (Lipinski definition) is 1. The van der Waals surface area contributed by atoms with E-state index in [1.54, 1.807) is 19.1 Å². The third kappa shape index (κ3) is 4.53. The summed E-state index contributed by atoms with van der Waals surface area (Å²) in [5.74, 6) is -1.87. The van der Waals surface area contributed by atoms with Crippen LogP contribution in [0.25, 0.3) is 0 Å². The van der Waals surface area contributed by atoms with Gasteiger partial charge in [0.05, 0.1) is 10.9 Å². The highest BCUT2D eigenvalue weighted by molar-refractivity contribution is 7.92. The molecule has 0 aliphatic rings. The standard InChI is InChI=1S/C16H15ClFNO3S/c1-11(14-4-2-3-5-15(14)18)19-16(20)10-23(21,22)13-8-6-12(17)7-9-13/h2-9,11H,10H2,1H3,(H,19,20)/t11-/m1/s1. The summed E-state index contributed by atoms with van der Waals surface area (Å²) in [7, 11) is -3.78. The molecule has 2 rings (SSSR count). The topological polar surface area (TPSA) is 63.2 Å². The van der Waals surface area contributed by atoms with Gasteiger partial charge in [-0.25, -0.2) is 12.8 Å². The number of carbonyl (C=O) groups excluding carboxylic acids is 1. The maximum absolute atomic E-state index is 13.6.